The molecule has 0 fully saturated rings. The molecule has 2 aromatic carbocycles. The van der Waals surface area contributed by atoms with Gasteiger partial charge in [0, 0.05) is 35.7 Å². The van der Waals surface area contributed by atoms with E-state index >= 15 is 0 Å². The van der Waals surface area contributed by atoms with Crippen LogP contribution >= 0.6 is 150 Å². The van der Waals surface area contributed by atoms with Gasteiger partial charge in [-0.1, -0.05) is 149 Å². The van der Waals surface area contributed by atoms with Crippen LogP contribution in [-0.2, 0) is 50.2 Å². The summed E-state index contributed by atoms with van der Waals surface area (Å²) < 4.78 is 97.2. The number of alkyl halides is 11. The fourth-order valence-electron chi connectivity index (χ4n) is 3.61. The average Bonchev–Trinajstić information content (AvgIpc) is 3.11. The van der Waals surface area contributed by atoms with Gasteiger partial charge in [-0.25, -0.2) is 14.8 Å². The molecule has 0 atom stereocenters. The molecule has 0 unspecified atom stereocenters. The molecule has 25 heteroatoms. The molecule has 0 aliphatic heterocycles. The van der Waals surface area contributed by atoms with Gasteiger partial charge in [0.25, 0.3) is 0 Å². The summed E-state index contributed by atoms with van der Waals surface area (Å²) in [6.45, 7) is 4.29. The van der Waals surface area contributed by atoms with Crippen molar-refractivity contribution < 1.29 is 72.3 Å². The number of pyridine rings is 2. The number of aliphatic hydroxyl groups is 1. The number of hydrogen-bond acceptors (Lipinski definition) is 9. The number of nitrogens with zero attached hydrogens (tertiary/aromatic N) is 2. The van der Waals surface area contributed by atoms with Crippen molar-refractivity contribution in [3.8, 4) is 23.3 Å². The van der Waals surface area contributed by atoms with Crippen LogP contribution in [0.25, 0.3) is 5.57 Å². The number of para-hydroxylation sites is 2. The first-order valence-corrected chi connectivity index (χ1v) is 30.0. The van der Waals surface area contributed by atoms with Crippen molar-refractivity contribution in [1.29, 1.82) is 0 Å². The van der Waals surface area contributed by atoms with Crippen molar-refractivity contribution in [1.82, 2.24) is 9.97 Å². The van der Waals surface area contributed by atoms with E-state index in [9.17, 15) is 41.0 Å². The Labute approximate surface area is 429 Å². The summed E-state index contributed by atoms with van der Waals surface area (Å²) in [7, 11) is 22.4. The second kappa shape index (κ2) is 29.5. The van der Waals surface area contributed by atoms with Gasteiger partial charge in [-0.05, 0) is 38.1 Å². The van der Waals surface area contributed by atoms with Gasteiger partial charge in [-0.2, -0.15) is 26.3 Å². The second-order valence-electron chi connectivity index (χ2n) is 10.6. The third-order valence-corrected chi connectivity index (χ3v) is 5.80. The molecular formula is C35H31Cl4F6I5N2O7Ti. The van der Waals surface area contributed by atoms with Crippen molar-refractivity contribution in [3.05, 3.63) is 114 Å². The number of halogens is 15. The molecule has 0 aliphatic rings. The number of carbonyl (C=O) groups is 2. The summed E-state index contributed by atoms with van der Waals surface area (Å²) in [4.78, 5) is 30.5. The van der Waals surface area contributed by atoms with Gasteiger partial charge in [0.05, 0.1) is 40.0 Å². The number of ether oxygens (including phenoxy) is 4. The van der Waals surface area contributed by atoms with Crippen molar-refractivity contribution in [3.63, 3.8) is 0 Å². The van der Waals surface area contributed by atoms with Gasteiger partial charge >= 0.3 is 73.9 Å². The Bertz CT molecular complexity index is 1950. The molecule has 0 radical (unpaired) electrons. The number of esters is 2. The molecule has 0 bridgehead atoms. The predicted molar refractivity (Wildman–Crippen MR) is 261 cm³/mol. The first-order valence-electron chi connectivity index (χ1n) is 15.7. The minimum atomic E-state index is -4.54. The Morgan fingerprint density at radius 2 is 1.15 bits per heavy atom. The molecule has 1 N–H and O–H groups in total. The number of benzene rings is 2. The third kappa shape index (κ3) is 29.4. The van der Waals surface area contributed by atoms with E-state index in [2.05, 4.69) is 146 Å². The molecule has 2 heterocycles. The second-order valence-corrected chi connectivity index (χ2v) is 44.8. The molecule has 4 rings (SSSR count). The maximum atomic E-state index is 12.7. The molecule has 2 aromatic heterocycles. The minimum absolute atomic E-state index is 0.0371. The van der Waals surface area contributed by atoms with E-state index in [-0.39, 0.29) is 40.8 Å². The third-order valence-electron chi connectivity index (χ3n) is 5.80. The van der Waals surface area contributed by atoms with E-state index in [0.29, 0.717) is 11.3 Å². The van der Waals surface area contributed by atoms with Gasteiger partial charge in [-0.3, -0.25) is 4.79 Å². The number of rotatable bonds is 8. The van der Waals surface area contributed by atoms with E-state index in [0.717, 1.165) is 45.7 Å². The van der Waals surface area contributed by atoms with Gasteiger partial charge in [0.15, 0.2) is 0 Å². The quantitative estimate of drug-likeness (QED) is 0.0350. The Morgan fingerprint density at radius 3 is 1.53 bits per heavy atom. The first-order chi connectivity index (χ1) is 27.5. The number of aliphatic hydroxyl groups excluding tert-OH is 1. The van der Waals surface area contributed by atoms with Crippen molar-refractivity contribution in [2.45, 2.75) is 34.0 Å². The zero-order valence-corrected chi connectivity index (χ0v) is 46.3. The van der Waals surface area contributed by atoms with E-state index in [4.69, 9.17) is 46.7 Å². The van der Waals surface area contributed by atoms with Crippen molar-refractivity contribution in [2.75, 3.05) is 14.2 Å². The molecule has 4 aromatic rings. The zero-order valence-electron chi connectivity index (χ0n) is 30.9. The Balaban J connectivity index is 0.000000884. The summed E-state index contributed by atoms with van der Waals surface area (Å²) in [6.07, 6.45) is -6.56. The average molecular weight is 1530 g/mol. The SMILES string of the molecule is CC(I)(I)I.CC(I)I.COC(=O)/C(=C/O)c1ccccc1Oc1cc(C(F)(F)F)ccn1.COC(=O)Cc1ccccc1Oc1cc(C(F)(F)F)ccn1.[Cl][Ti]([Cl])([Cl])[Cl]. The fourth-order valence-corrected chi connectivity index (χ4v) is 3.61. The molecule has 0 saturated heterocycles. The standard InChI is InChI=1S/C16H12F3NO4.C15H12F3NO3.C2H3I3.C2H4I2.4ClH.Ti/c1-23-15(22)12(9-21)11-4-2-3-5-13(11)24-14-8-10(6-7-20-14)16(17,18)19;1-21-14(20)8-10-4-2-3-5-12(10)22-13-9-11(6-7-19-13)15(16,17)18;1-2(3,4)5;1-2(3)4;;;;;/h2-9,21H,1H3;2-7,9H,8H2,1H3;1H3;2H,1H3;4*1H;/q;;;;;;;;+4/p-4/b12-9+;;;;;;;;. The number of aromatic nitrogens is 2. The Hall–Kier alpha value is -0.0757. The molecule has 9 nitrogen and oxygen atoms in total. The molecule has 332 valence electrons. The Morgan fingerprint density at radius 1 is 0.767 bits per heavy atom. The molecule has 0 saturated carbocycles. The van der Waals surface area contributed by atoms with Crippen LogP contribution in [0, 0.1) is 0 Å². The summed E-state index contributed by atoms with van der Waals surface area (Å²) in [5.41, 5.74) is -1.35. The van der Waals surface area contributed by atoms with Crippen LogP contribution in [0.15, 0.2) is 91.5 Å². The maximum absolute atomic E-state index is 12.7. The van der Waals surface area contributed by atoms with Gasteiger partial charge in [-0.15, -0.1) is 0 Å². The number of methoxy groups -OCH3 is 2. The fraction of sp³-hybridized carbons (Fsp3) is 0.257. The summed E-state index contributed by atoms with van der Waals surface area (Å²) in [5, 5.41) is 9.24. The van der Waals surface area contributed by atoms with Crippen LogP contribution < -0.4 is 9.47 Å². The first kappa shape index (κ1) is 59.9. The number of carbonyl (C=O) groups excluding carboxylic acids is 2. The molecule has 0 amide bonds. The Kier molecular flexibility index (Phi) is 29.4. The van der Waals surface area contributed by atoms with Gasteiger partial charge in [0.2, 0.25) is 11.8 Å². The molecule has 0 spiro atoms. The van der Waals surface area contributed by atoms with Crippen LogP contribution in [0.5, 0.6) is 23.3 Å². The molecule has 0 aliphatic carbocycles. The topological polar surface area (TPSA) is 117 Å². The zero-order chi connectivity index (χ0) is 46.5. The van der Waals surface area contributed by atoms with Crippen LogP contribution in [-0.4, -0.2) is 42.6 Å². The predicted octanol–water partition coefficient (Wildman–Crippen LogP) is 15.5. The van der Waals surface area contributed by atoms with E-state index in [1.54, 1.807) is 36.4 Å². The molecular weight excluding hydrogens is 1500 g/mol. The molecule has 60 heavy (non-hydrogen) atoms. The van der Waals surface area contributed by atoms with Crippen LogP contribution in [0.2, 0.25) is 0 Å². The summed E-state index contributed by atoms with van der Waals surface area (Å²) >= 11 is 8.60. The van der Waals surface area contributed by atoms with Crippen molar-refractivity contribution >= 4 is 168 Å². The van der Waals surface area contributed by atoms with Gasteiger partial charge < -0.3 is 24.1 Å². The van der Waals surface area contributed by atoms with E-state index in [1.165, 1.54) is 19.2 Å². The number of hydrogen-bond donors (Lipinski definition) is 1. The van der Waals surface area contributed by atoms with E-state index < -0.39 is 47.8 Å². The van der Waals surface area contributed by atoms with Gasteiger partial charge in [0.1, 0.15) is 16.5 Å². The van der Waals surface area contributed by atoms with E-state index in [1.807, 2.05) is 0 Å². The van der Waals surface area contributed by atoms with Crippen molar-refractivity contribution in [2.24, 2.45) is 0 Å². The van der Waals surface area contributed by atoms with Crippen LogP contribution in [0.4, 0.5) is 26.3 Å². The summed E-state index contributed by atoms with van der Waals surface area (Å²) in [6, 6.07) is 15.7. The monoisotopic (exact) mass is 1530 g/mol. The summed E-state index contributed by atoms with van der Waals surface area (Å²) in [5.74, 6) is -1.53. The van der Waals surface area contributed by atoms with Crippen LogP contribution in [0.1, 0.15) is 36.1 Å². The normalized spacial score (nSPS) is 11.4. The van der Waals surface area contributed by atoms with Crippen LogP contribution in [0.3, 0.4) is 0 Å².